The Kier molecular flexibility index (Phi) is 6.68. The first-order chi connectivity index (χ1) is 11.6. The standard InChI is InChI=1S/C19H22N2O2S/c1-21(12-15-6-9-19(24-3)18(10-15)23-2)13-17(22)16-7-4-14(11-20)5-8-16/h4-10,17,22H,12-13H2,1-3H3. The molecule has 0 aliphatic carbocycles. The Morgan fingerprint density at radius 3 is 2.54 bits per heavy atom. The number of aliphatic hydroxyl groups is 1. The molecule has 126 valence electrons. The second-order valence-electron chi connectivity index (χ2n) is 5.64. The quantitative estimate of drug-likeness (QED) is 0.781. The fraction of sp³-hybridized carbons (Fsp3) is 0.316. The molecular weight excluding hydrogens is 320 g/mol. The third kappa shape index (κ3) is 4.75. The lowest BCUT2D eigenvalue weighted by Gasteiger charge is -2.21. The minimum Gasteiger partial charge on any atom is -0.496 e. The van der Waals surface area contributed by atoms with Gasteiger partial charge in [-0.3, -0.25) is 4.90 Å². The van der Waals surface area contributed by atoms with E-state index in [1.807, 2.05) is 19.4 Å². The maximum Gasteiger partial charge on any atom is 0.132 e. The van der Waals surface area contributed by atoms with Crippen LogP contribution in [0.15, 0.2) is 47.4 Å². The number of aliphatic hydroxyl groups excluding tert-OH is 1. The van der Waals surface area contributed by atoms with E-state index in [9.17, 15) is 5.11 Å². The van der Waals surface area contributed by atoms with E-state index >= 15 is 0 Å². The Morgan fingerprint density at radius 2 is 1.96 bits per heavy atom. The lowest BCUT2D eigenvalue weighted by atomic mass is 10.1. The number of hydrogen-bond donors (Lipinski definition) is 1. The van der Waals surface area contributed by atoms with Gasteiger partial charge >= 0.3 is 0 Å². The molecule has 24 heavy (non-hydrogen) atoms. The number of benzene rings is 2. The van der Waals surface area contributed by atoms with Crippen LogP contribution in [0.2, 0.25) is 0 Å². The van der Waals surface area contributed by atoms with Gasteiger partial charge in [0.2, 0.25) is 0 Å². The second kappa shape index (κ2) is 8.74. The van der Waals surface area contributed by atoms with Gasteiger partial charge in [-0.15, -0.1) is 11.8 Å². The molecule has 4 nitrogen and oxygen atoms in total. The Bertz CT molecular complexity index is 710. The number of nitriles is 1. The number of thioether (sulfide) groups is 1. The summed E-state index contributed by atoms with van der Waals surface area (Å²) in [5, 5.41) is 19.2. The van der Waals surface area contributed by atoms with Crippen molar-refractivity contribution >= 4 is 11.8 Å². The second-order valence-corrected chi connectivity index (χ2v) is 6.48. The Morgan fingerprint density at radius 1 is 1.25 bits per heavy atom. The van der Waals surface area contributed by atoms with Crippen LogP contribution in [0.3, 0.4) is 0 Å². The molecule has 2 rings (SSSR count). The highest BCUT2D eigenvalue weighted by molar-refractivity contribution is 7.98. The van der Waals surface area contributed by atoms with Gasteiger partial charge in [-0.2, -0.15) is 5.26 Å². The monoisotopic (exact) mass is 342 g/mol. The summed E-state index contributed by atoms with van der Waals surface area (Å²) in [5.41, 5.74) is 2.55. The zero-order valence-electron chi connectivity index (χ0n) is 14.2. The molecule has 5 heteroatoms. The molecule has 2 aromatic rings. The van der Waals surface area contributed by atoms with E-state index in [-0.39, 0.29) is 0 Å². The summed E-state index contributed by atoms with van der Waals surface area (Å²) < 4.78 is 5.42. The van der Waals surface area contributed by atoms with Gasteiger partial charge in [0.25, 0.3) is 0 Å². The van der Waals surface area contributed by atoms with Gasteiger partial charge in [0.05, 0.1) is 24.8 Å². The van der Waals surface area contributed by atoms with Crippen LogP contribution in [0.4, 0.5) is 0 Å². The minimum absolute atomic E-state index is 0.512. The number of ether oxygens (including phenoxy) is 1. The molecule has 0 amide bonds. The van der Waals surface area contributed by atoms with E-state index in [0.29, 0.717) is 12.1 Å². The van der Waals surface area contributed by atoms with E-state index in [0.717, 1.165) is 28.3 Å². The molecule has 0 aliphatic heterocycles. The van der Waals surface area contributed by atoms with Crippen molar-refractivity contribution in [3.63, 3.8) is 0 Å². The summed E-state index contributed by atoms with van der Waals surface area (Å²) in [6.07, 6.45) is 1.44. The number of rotatable bonds is 7. The third-order valence-electron chi connectivity index (χ3n) is 3.81. The predicted octanol–water partition coefficient (Wildman–Crippen LogP) is 3.45. The smallest absolute Gasteiger partial charge is 0.132 e. The van der Waals surface area contributed by atoms with E-state index in [1.54, 1.807) is 43.1 Å². The van der Waals surface area contributed by atoms with Crippen molar-refractivity contribution in [1.82, 2.24) is 4.90 Å². The van der Waals surface area contributed by atoms with Crippen molar-refractivity contribution in [2.45, 2.75) is 17.5 Å². The highest BCUT2D eigenvalue weighted by atomic mass is 32.2. The van der Waals surface area contributed by atoms with Gasteiger partial charge in [0, 0.05) is 18.0 Å². The maximum absolute atomic E-state index is 10.4. The molecule has 0 radical (unpaired) electrons. The summed E-state index contributed by atoms with van der Waals surface area (Å²) in [7, 11) is 3.65. The number of likely N-dealkylation sites (N-methyl/N-ethyl adjacent to an activating group) is 1. The molecule has 2 aromatic carbocycles. The molecule has 0 saturated carbocycles. The van der Waals surface area contributed by atoms with Gasteiger partial charge in [-0.05, 0) is 48.7 Å². The summed E-state index contributed by atoms with van der Waals surface area (Å²) in [6, 6.07) is 15.3. The van der Waals surface area contributed by atoms with Crippen LogP contribution in [-0.4, -0.2) is 37.0 Å². The van der Waals surface area contributed by atoms with Crippen molar-refractivity contribution in [1.29, 1.82) is 5.26 Å². The Hall–Kier alpha value is -2.00. The lowest BCUT2D eigenvalue weighted by Crippen LogP contribution is -2.24. The molecule has 0 spiro atoms. The average Bonchev–Trinajstić information content (AvgIpc) is 2.61. The minimum atomic E-state index is -0.588. The molecule has 1 N–H and O–H groups in total. The summed E-state index contributed by atoms with van der Waals surface area (Å²) in [4.78, 5) is 3.18. The van der Waals surface area contributed by atoms with E-state index in [2.05, 4.69) is 23.1 Å². The first-order valence-electron chi connectivity index (χ1n) is 7.65. The first-order valence-corrected chi connectivity index (χ1v) is 8.87. The maximum atomic E-state index is 10.4. The van der Waals surface area contributed by atoms with E-state index in [4.69, 9.17) is 10.00 Å². The summed E-state index contributed by atoms with van der Waals surface area (Å²) in [5.74, 6) is 0.876. The van der Waals surface area contributed by atoms with Crippen LogP contribution in [0.25, 0.3) is 0 Å². The fourth-order valence-electron chi connectivity index (χ4n) is 2.54. The van der Waals surface area contributed by atoms with Crippen molar-refractivity contribution in [3.8, 4) is 11.8 Å². The van der Waals surface area contributed by atoms with Crippen LogP contribution in [0.5, 0.6) is 5.75 Å². The Labute approximate surface area is 147 Å². The van der Waals surface area contributed by atoms with Crippen molar-refractivity contribution in [2.75, 3.05) is 27.0 Å². The normalized spacial score (nSPS) is 12.0. The summed E-state index contributed by atoms with van der Waals surface area (Å²) in [6.45, 7) is 1.23. The fourth-order valence-corrected chi connectivity index (χ4v) is 3.08. The van der Waals surface area contributed by atoms with Crippen molar-refractivity contribution < 1.29 is 9.84 Å². The van der Waals surface area contributed by atoms with Crippen LogP contribution >= 0.6 is 11.8 Å². The van der Waals surface area contributed by atoms with Gasteiger partial charge in [-0.25, -0.2) is 0 Å². The average molecular weight is 342 g/mol. The number of methoxy groups -OCH3 is 1. The zero-order chi connectivity index (χ0) is 17.5. The van der Waals surface area contributed by atoms with Crippen LogP contribution in [0.1, 0.15) is 22.8 Å². The molecule has 1 atom stereocenters. The highest BCUT2D eigenvalue weighted by Gasteiger charge is 2.12. The van der Waals surface area contributed by atoms with Crippen molar-refractivity contribution in [2.24, 2.45) is 0 Å². The van der Waals surface area contributed by atoms with Crippen molar-refractivity contribution in [3.05, 3.63) is 59.2 Å². The topological polar surface area (TPSA) is 56.5 Å². The number of nitrogens with zero attached hydrogens (tertiary/aromatic N) is 2. The molecular formula is C19H22N2O2S. The molecule has 0 saturated heterocycles. The summed E-state index contributed by atoms with van der Waals surface area (Å²) >= 11 is 1.66. The molecule has 0 bridgehead atoms. The zero-order valence-corrected chi connectivity index (χ0v) is 15.0. The van der Waals surface area contributed by atoms with Crippen LogP contribution < -0.4 is 4.74 Å². The predicted molar refractivity (Wildman–Crippen MR) is 97.2 cm³/mol. The van der Waals surface area contributed by atoms with Gasteiger partial charge in [0.1, 0.15) is 5.75 Å². The highest BCUT2D eigenvalue weighted by Crippen LogP contribution is 2.28. The van der Waals surface area contributed by atoms with E-state index < -0.39 is 6.10 Å². The van der Waals surface area contributed by atoms with Crippen LogP contribution in [0, 0.1) is 11.3 Å². The van der Waals surface area contributed by atoms with Gasteiger partial charge < -0.3 is 9.84 Å². The van der Waals surface area contributed by atoms with Crippen LogP contribution in [-0.2, 0) is 6.54 Å². The molecule has 0 fully saturated rings. The largest absolute Gasteiger partial charge is 0.496 e. The third-order valence-corrected chi connectivity index (χ3v) is 4.59. The molecule has 1 unspecified atom stereocenters. The van der Waals surface area contributed by atoms with Gasteiger partial charge in [-0.1, -0.05) is 18.2 Å². The van der Waals surface area contributed by atoms with Gasteiger partial charge in [0.15, 0.2) is 0 Å². The van der Waals surface area contributed by atoms with E-state index in [1.165, 1.54) is 0 Å². The molecule has 0 aliphatic rings. The molecule has 0 heterocycles. The first kappa shape index (κ1) is 18.3. The number of hydrogen-bond acceptors (Lipinski definition) is 5. The SMILES string of the molecule is COc1cc(CN(C)CC(O)c2ccc(C#N)cc2)ccc1SC. The molecule has 0 aromatic heterocycles. The Balaban J connectivity index is 1.99. The lowest BCUT2D eigenvalue weighted by molar-refractivity contribution is 0.124.